The first kappa shape index (κ1) is 17.9. The molecular formula is C15H24N4O3. The molecule has 0 atom stereocenters. The van der Waals surface area contributed by atoms with Crippen LogP contribution in [0.2, 0.25) is 0 Å². The lowest BCUT2D eigenvalue weighted by molar-refractivity contribution is -0.384. The molecule has 0 aliphatic heterocycles. The smallest absolute Gasteiger partial charge is 0.269 e. The van der Waals surface area contributed by atoms with E-state index in [4.69, 9.17) is 4.74 Å². The Bertz CT molecular complexity index is 486. The van der Waals surface area contributed by atoms with Crippen molar-refractivity contribution in [2.45, 2.75) is 32.9 Å². The number of guanidine groups is 1. The molecule has 0 aliphatic rings. The SMILES string of the molecule is COCCCNC(=NCc1ccc([N+](=O)[O-])cc1)NC(C)C. The van der Waals surface area contributed by atoms with Crippen LogP contribution in [0.15, 0.2) is 29.3 Å². The summed E-state index contributed by atoms with van der Waals surface area (Å²) >= 11 is 0. The molecule has 22 heavy (non-hydrogen) atoms. The molecule has 122 valence electrons. The standard InChI is InChI=1S/C15H24N4O3/c1-12(2)18-15(16-9-4-10-22-3)17-11-13-5-7-14(8-6-13)19(20)21/h5-8,12H,4,9-11H2,1-3H3,(H2,16,17,18). The van der Waals surface area contributed by atoms with E-state index in [1.807, 2.05) is 13.8 Å². The van der Waals surface area contributed by atoms with E-state index < -0.39 is 4.92 Å². The summed E-state index contributed by atoms with van der Waals surface area (Å²) in [6.07, 6.45) is 0.896. The molecule has 2 N–H and O–H groups in total. The maximum absolute atomic E-state index is 10.6. The van der Waals surface area contributed by atoms with Crippen molar-refractivity contribution in [3.8, 4) is 0 Å². The number of benzene rings is 1. The lowest BCUT2D eigenvalue weighted by atomic mass is 10.2. The maximum Gasteiger partial charge on any atom is 0.269 e. The van der Waals surface area contributed by atoms with E-state index in [9.17, 15) is 10.1 Å². The number of aliphatic imine (C=N–C) groups is 1. The maximum atomic E-state index is 10.6. The van der Waals surface area contributed by atoms with Crippen molar-refractivity contribution in [1.29, 1.82) is 0 Å². The average molecular weight is 308 g/mol. The molecule has 0 heterocycles. The second-order valence-electron chi connectivity index (χ2n) is 5.16. The molecule has 0 unspecified atom stereocenters. The van der Waals surface area contributed by atoms with E-state index in [1.165, 1.54) is 12.1 Å². The number of nitro groups is 1. The Balaban J connectivity index is 2.60. The highest BCUT2D eigenvalue weighted by Crippen LogP contribution is 2.12. The highest BCUT2D eigenvalue weighted by Gasteiger charge is 2.04. The highest BCUT2D eigenvalue weighted by atomic mass is 16.6. The molecule has 0 saturated heterocycles. The topological polar surface area (TPSA) is 88.8 Å². The van der Waals surface area contributed by atoms with Crippen molar-refractivity contribution < 1.29 is 9.66 Å². The lowest BCUT2D eigenvalue weighted by Crippen LogP contribution is -2.41. The summed E-state index contributed by atoms with van der Waals surface area (Å²) in [5.74, 6) is 0.726. The number of nitrogens with one attached hydrogen (secondary N) is 2. The Kier molecular flexibility index (Phi) is 7.91. The molecule has 0 bridgehead atoms. The van der Waals surface area contributed by atoms with Crippen LogP contribution in [-0.4, -0.2) is 37.2 Å². The van der Waals surface area contributed by atoms with Crippen molar-refractivity contribution in [2.75, 3.05) is 20.3 Å². The third-order valence-corrected chi connectivity index (χ3v) is 2.81. The Labute approximate surface area is 130 Å². The Morgan fingerprint density at radius 2 is 2.05 bits per heavy atom. The third kappa shape index (κ3) is 7.03. The van der Waals surface area contributed by atoms with Crippen LogP contribution < -0.4 is 10.6 Å². The highest BCUT2D eigenvalue weighted by molar-refractivity contribution is 5.80. The van der Waals surface area contributed by atoms with Gasteiger partial charge in [-0.15, -0.1) is 0 Å². The number of ether oxygens (including phenoxy) is 1. The summed E-state index contributed by atoms with van der Waals surface area (Å²) < 4.78 is 5.01. The van der Waals surface area contributed by atoms with Gasteiger partial charge < -0.3 is 15.4 Å². The van der Waals surface area contributed by atoms with E-state index in [0.29, 0.717) is 13.2 Å². The Hall–Kier alpha value is -2.15. The molecule has 1 aromatic rings. The van der Waals surface area contributed by atoms with E-state index in [-0.39, 0.29) is 11.7 Å². The van der Waals surface area contributed by atoms with Gasteiger partial charge in [-0.3, -0.25) is 10.1 Å². The van der Waals surface area contributed by atoms with Crippen molar-refractivity contribution in [3.05, 3.63) is 39.9 Å². The molecule has 0 spiro atoms. The number of rotatable bonds is 8. The number of non-ortho nitro benzene ring substituents is 1. The van der Waals surface area contributed by atoms with Gasteiger partial charge in [0.2, 0.25) is 0 Å². The molecule has 0 aromatic heterocycles. The molecule has 1 rings (SSSR count). The van der Waals surface area contributed by atoms with E-state index in [2.05, 4.69) is 15.6 Å². The summed E-state index contributed by atoms with van der Waals surface area (Å²) in [5, 5.41) is 17.1. The monoisotopic (exact) mass is 308 g/mol. The summed E-state index contributed by atoms with van der Waals surface area (Å²) in [6, 6.07) is 6.70. The van der Waals surface area contributed by atoms with Gasteiger partial charge in [-0.05, 0) is 25.8 Å². The number of nitrogens with zero attached hydrogens (tertiary/aromatic N) is 2. The number of nitro benzene ring substituents is 1. The Morgan fingerprint density at radius 3 is 2.59 bits per heavy atom. The first-order valence-electron chi connectivity index (χ1n) is 7.30. The van der Waals surface area contributed by atoms with Crippen molar-refractivity contribution in [2.24, 2.45) is 4.99 Å². The van der Waals surface area contributed by atoms with E-state index >= 15 is 0 Å². The molecule has 0 fully saturated rings. The zero-order valence-corrected chi connectivity index (χ0v) is 13.3. The van der Waals surface area contributed by atoms with Crippen LogP contribution in [0.4, 0.5) is 5.69 Å². The van der Waals surface area contributed by atoms with Gasteiger partial charge >= 0.3 is 0 Å². The molecule has 7 heteroatoms. The molecule has 0 radical (unpaired) electrons. The second-order valence-corrected chi connectivity index (χ2v) is 5.16. The van der Waals surface area contributed by atoms with Crippen LogP contribution in [0.3, 0.4) is 0 Å². The zero-order chi connectivity index (χ0) is 16.4. The molecular weight excluding hydrogens is 284 g/mol. The van der Waals surface area contributed by atoms with Gasteiger partial charge in [0.1, 0.15) is 0 Å². The van der Waals surface area contributed by atoms with Gasteiger partial charge in [0.15, 0.2) is 5.96 Å². The fraction of sp³-hybridized carbons (Fsp3) is 0.533. The minimum Gasteiger partial charge on any atom is -0.385 e. The first-order valence-corrected chi connectivity index (χ1v) is 7.30. The lowest BCUT2D eigenvalue weighted by Gasteiger charge is -2.15. The zero-order valence-electron chi connectivity index (χ0n) is 13.3. The van der Waals surface area contributed by atoms with Crippen LogP contribution in [-0.2, 0) is 11.3 Å². The minimum atomic E-state index is -0.407. The van der Waals surface area contributed by atoms with Crippen LogP contribution in [0.25, 0.3) is 0 Å². The fourth-order valence-electron chi connectivity index (χ4n) is 1.74. The number of hydrogen-bond acceptors (Lipinski definition) is 4. The van der Waals surface area contributed by atoms with Crippen LogP contribution in [0, 0.1) is 10.1 Å². The van der Waals surface area contributed by atoms with Gasteiger partial charge in [0, 0.05) is 38.4 Å². The third-order valence-electron chi connectivity index (χ3n) is 2.81. The average Bonchev–Trinajstić information content (AvgIpc) is 2.48. The van der Waals surface area contributed by atoms with Gasteiger partial charge in [0.05, 0.1) is 11.5 Å². The molecule has 7 nitrogen and oxygen atoms in total. The van der Waals surface area contributed by atoms with E-state index in [0.717, 1.165) is 24.5 Å². The fourth-order valence-corrected chi connectivity index (χ4v) is 1.74. The van der Waals surface area contributed by atoms with Gasteiger partial charge in [-0.2, -0.15) is 0 Å². The van der Waals surface area contributed by atoms with Crippen LogP contribution in [0.1, 0.15) is 25.8 Å². The largest absolute Gasteiger partial charge is 0.385 e. The molecule has 0 amide bonds. The first-order chi connectivity index (χ1) is 10.5. The van der Waals surface area contributed by atoms with Crippen molar-refractivity contribution in [1.82, 2.24) is 10.6 Å². The van der Waals surface area contributed by atoms with Crippen LogP contribution >= 0.6 is 0 Å². The van der Waals surface area contributed by atoms with E-state index in [1.54, 1.807) is 19.2 Å². The molecule has 0 aliphatic carbocycles. The molecule has 0 saturated carbocycles. The van der Waals surface area contributed by atoms with Gasteiger partial charge in [0.25, 0.3) is 5.69 Å². The Morgan fingerprint density at radius 1 is 1.36 bits per heavy atom. The molecule has 1 aromatic carbocycles. The summed E-state index contributed by atoms with van der Waals surface area (Å²) in [7, 11) is 1.68. The van der Waals surface area contributed by atoms with Gasteiger partial charge in [-0.1, -0.05) is 12.1 Å². The predicted molar refractivity (Wildman–Crippen MR) is 87.0 cm³/mol. The second kappa shape index (κ2) is 9.73. The minimum absolute atomic E-state index is 0.0888. The van der Waals surface area contributed by atoms with Gasteiger partial charge in [-0.25, -0.2) is 4.99 Å². The number of methoxy groups -OCH3 is 1. The summed E-state index contributed by atoms with van der Waals surface area (Å²) in [5.41, 5.74) is 1.01. The normalized spacial score (nSPS) is 11.5. The summed E-state index contributed by atoms with van der Waals surface area (Å²) in [6.45, 7) is 6.01. The van der Waals surface area contributed by atoms with Crippen molar-refractivity contribution in [3.63, 3.8) is 0 Å². The van der Waals surface area contributed by atoms with Crippen molar-refractivity contribution >= 4 is 11.6 Å². The number of hydrogen-bond donors (Lipinski definition) is 2. The predicted octanol–water partition coefficient (Wildman–Crippen LogP) is 2.07. The quantitative estimate of drug-likeness (QED) is 0.252. The van der Waals surface area contributed by atoms with Crippen LogP contribution in [0.5, 0.6) is 0 Å². The summed E-state index contributed by atoms with van der Waals surface area (Å²) in [4.78, 5) is 14.7.